The summed E-state index contributed by atoms with van der Waals surface area (Å²) >= 11 is 3.30. The molecule has 2 fully saturated rings. The lowest BCUT2D eigenvalue weighted by molar-refractivity contribution is 0.108. The van der Waals surface area contributed by atoms with Crippen LogP contribution in [0.15, 0.2) is 40.9 Å². The zero-order chi connectivity index (χ0) is 26.5. The molecule has 0 unspecified atom stereocenters. The lowest BCUT2D eigenvalue weighted by Gasteiger charge is -2.31. The quantitative estimate of drug-likeness (QED) is 0.248. The van der Waals surface area contributed by atoms with Gasteiger partial charge in [-0.05, 0) is 73.2 Å². The van der Waals surface area contributed by atoms with Gasteiger partial charge in [-0.25, -0.2) is 8.78 Å². The largest absolute Gasteiger partial charge is 0.461 e. The predicted molar refractivity (Wildman–Crippen MR) is 151 cm³/mol. The number of fused-ring (bicyclic) bond motifs is 2. The van der Waals surface area contributed by atoms with Crippen molar-refractivity contribution in [2.45, 2.75) is 57.5 Å². The van der Waals surface area contributed by atoms with Gasteiger partial charge >= 0.3 is 6.01 Å². The number of benzene rings is 2. The van der Waals surface area contributed by atoms with E-state index in [2.05, 4.69) is 72.2 Å². The first-order chi connectivity index (χ1) is 18.5. The number of aromatic nitrogens is 2. The van der Waals surface area contributed by atoms with Crippen molar-refractivity contribution in [3.05, 3.63) is 58.1 Å². The fraction of sp³-hybridized carbons (Fsp3) is 0.517. The Hall–Kier alpha value is -2.36. The van der Waals surface area contributed by atoms with E-state index in [0.29, 0.717) is 24.4 Å². The third-order valence-corrected chi connectivity index (χ3v) is 8.65. The molecule has 3 aromatic rings. The molecule has 2 aromatic carbocycles. The number of halogens is 3. The van der Waals surface area contributed by atoms with E-state index >= 15 is 0 Å². The van der Waals surface area contributed by atoms with Crippen LogP contribution in [0.3, 0.4) is 0 Å². The Morgan fingerprint density at radius 3 is 2.58 bits per heavy atom. The Kier molecular flexibility index (Phi) is 8.75. The number of ether oxygens (including phenoxy) is 1. The molecule has 0 radical (unpaired) electrons. The Morgan fingerprint density at radius 1 is 1.08 bits per heavy atom. The van der Waals surface area contributed by atoms with Crippen LogP contribution in [-0.4, -0.2) is 64.6 Å². The van der Waals surface area contributed by atoms with E-state index in [1.165, 1.54) is 5.56 Å². The molecule has 0 saturated carbocycles. The van der Waals surface area contributed by atoms with Crippen molar-refractivity contribution in [3.63, 3.8) is 0 Å². The zero-order valence-electron chi connectivity index (χ0n) is 22.0. The molecule has 9 heteroatoms. The summed E-state index contributed by atoms with van der Waals surface area (Å²) in [4.78, 5) is 13.9. The molecule has 2 saturated heterocycles. The van der Waals surface area contributed by atoms with Gasteiger partial charge in [0.15, 0.2) is 5.82 Å². The molecule has 1 N–H and O–H groups in total. The second kappa shape index (κ2) is 12.2. The summed E-state index contributed by atoms with van der Waals surface area (Å²) in [6.07, 6.45) is 6.71. The van der Waals surface area contributed by atoms with E-state index in [1.54, 1.807) is 0 Å². The van der Waals surface area contributed by atoms with Crippen molar-refractivity contribution < 1.29 is 13.5 Å². The molecular weight excluding hydrogens is 552 g/mol. The smallest absolute Gasteiger partial charge is 0.319 e. The SMILES string of the molecule is CCCCN(CCNc1nc(OCC23CCCN2CCC3)nc2c(F)cc(F)c(Br)c12)Cc1ccccc1. The maximum Gasteiger partial charge on any atom is 0.319 e. The molecule has 0 bridgehead atoms. The highest BCUT2D eigenvalue weighted by Crippen LogP contribution is 2.39. The average Bonchev–Trinajstić information content (AvgIpc) is 3.50. The molecule has 0 aliphatic carbocycles. The molecule has 5 rings (SSSR count). The number of nitrogens with one attached hydrogen (secondary N) is 1. The second-order valence-electron chi connectivity index (χ2n) is 10.5. The molecular formula is C29H36BrF2N5O. The lowest BCUT2D eigenvalue weighted by Crippen LogP contribution is -2.43. The van der Waals surface area contributed by atoms with Gasteiger partial charge in [-0.15, -0.1) is 0 Å². The summed E-state index contributed by atoms with van der Waals surface area (Å²) in [5, 5.41) is 3.63. The van der Waals surface area contributed by atoms with E-state index in [9.17, 15) is 8.78 Å². The molecule has 38 heavy (non-hydrogen) atoms. The molecule has 204 valence electrons. The van der Waals surface area contributed by atoms with Crippen LogP contribution < -0.4 is 10.1 Å². The van der Waals surface area contributed by atoms with Crippen LogP contribution >= 0.6 is 15.9 Å². The van der Waals surface area contributed by atoms with Crippen LogP contribution in [0.5, 0.6) is 6.01 Å². The van der Waals surface area contributed by atoms with Crippen molar-refractivity contribution in [2.75, 3.05) is 44.6 Å². The number of unbranched alkanes of at least 4 members (excludes halogenated alkanes) is 1. The van der Waals surface area contributed by atoms with Crippen LogP contribution in [-0.2, 0) is 6.54 Å². The van der Waals surface area contributed by atoms with Gasteiger partial charge in [-0.3, -0.25) is 9.80 Å². The van der Waals surface area contributed by atoms with E-state index in [1.807, 2.05) is 6.07 Å². The first-order valence-electron chi connectivity index (χ1n) is 13.7. The van der Waals surface area contributed by atoms with Gasteiger partial charge in [-0.2, -0.15) is 9.97 Å². The minimum absolute atomic E-state index is 0.0189. The van der Waals surface area contributed by atoms with E-state index in [4.69, 9.17) is 4.74 Å². The summed E-state index contributed by atoms with van der Waals surface area (Å²) in [6, 6.07) is 11.4. The standard InChI is InChI=1S/C29H36BrF2N5O/c1-2-3-14-36(19-21-9-5-4-6-10-21)17-13-33-27-24-25(30)22(31)18-23(32)26(24)34-28(35-27)38-20-29-11-7-15-37(29)16-8-12-29/h4-6,9-10,18H,2-3,7-8,11-17,19-20H2,1H3,(H,33,34,35). The Bertz CT molecular complexity index is 1230. The van der Waals surface area contributed by atoms with Crippen molar-refractivity contribution in [1.29, 1.82) is 0 Å². The summed E-state index contributed by atoms with van der Waals surface area (Å²) < 4.78 is 35.7. The summed E-state index contributed by atoms with van der Waals surface area (Å²) in [6.45, 7) is 7.97. The van der Waals surface area contributed by atoms with Gasteiger partial charge in [-0.1, -0.05) is 43.7 Å². The van der Waals surface area contributed by atoms with Gasteiger partial charge in [0.05, 0.1) is 15.4 Å². The molecule has 2 aliphatic rings. The highest BCUT2D eigenvalue weighted by molar-refractivity contribution is 9.10. The number of hydrogen-bond acceptors (Lipinski definition) is 6. The van der Waals surface area contributed by atoms with Gasteiger partial charge < -0.3 is 10.1 Å². The molecule has 1 aromatic heterocycles. The summed E-state index contributed by atoms with van der Waals surface area (Å²) in [5.41, 5.74) is 1.32. The number of nitrogens with zero attached hydrogens (tertiary/aromatic N) is 4. The normalized spacial score (nSPS) is 16.9. The summed E-state index contributed by atoms with van der Waals surface area (Å²) in [7, 11) is 0. The highest BCUT2D eigenvalue weighted by atomic mass is 79.9. The van der Waals surface area contributed by atoms with Crippen molar-refractivity contribution in [1.82, 2.24) is 19.8 Å². The average molecular weight is 589 g/mol. The third-order valence-electron chi connectivity index (χ3n) is 7.88. The first kappa shape index (κ1) is 27.2. The fourth-order valence-electron chi connectivity index (χ4n) is 5.86. The minimum Gasteiger partial charge on any atom is -0.461 e. The number of hydrogen-bond donors (Lipinski definition) is 1. The maximum atomic E-state index is 14.9. The van der Waals surface area contributed by atoms with Gasteiger partial charge in [0.25, 0.3) is 0 Å². The molecule has 3 heterocycles. The third kappa shape index (κ3) is 5.95. The fourth-order valence-corrected chi connectivity index (χ4v) is 6.35. The van der Waals surface area contributed by atoms with Crippen molar-refractivity contribution >= 4 is 32.7 Å². The van der Waals surface area contributed by atoms with Crippen LogP contribution in [0.25, 0.3) is 10.9 Å². The monoisotopic (exact) mass is 587 g/mol. The summed E-state index contributed by atoms with van der Waals surface area (Å²) in [5.74, 6) is -1.04. The highest BCUT2D eigenvalue weighted by Gasteiger charge is 2.45. The minimum atomic E-state index is -0.730. The Morgan fingerprint density at radius 2 is 1.84 bits per heavy atom. The van der Waals surface area contributed by atoms with E-state index in [-0.39, 0.29) is 21.5 Å². The number of anilines is 1. The predicted octanol–water partition coefficient (Wildman–Crippen LogP) is 6.39. The van der Waals surface area contributed by atoms with Crippen molar-refractivity contribution in [2.24, 2.45) is 0 Å². The van der Waals surface area contributed by atoms with Crippen LogP contribution in [0, 0.1) is 11.6 Å². The molecule has 0 spiro atoms. The van der Waals surface area contributed by atoms with Gasteiger partial charge in [0.2, 0.25) is 0 Å². The number of rotatable bonds is 12. The lowest BCUT2D eigenvalue weighted by atomic mass is 9.95. The Labute approximate surface area is 231 Å². The van der Waals surface area contributed by atoms with E-state index in [0.717, 1.165) is 77.3 Å². The zero-order valence-corrected chi connectivity index (χ0v) is 23.6. The van der Waals surface area contributed by atoms with Crippen LogP contribution in [0.1, 0.15) is 51.0 Å². The Balaban J connectivity index is 1.35. The topological polar surface area (TPSA) is 53.5 Å². The molecule has 2 aliphatic heterocycles. The molecule has 0 atom stereocenters. The van der Waals surface area contributed by atoms with E-state index < -0.39 is 11.6 Å². The first-order valence-corrected chi connectivity index (χ1v) is 14.5. The maximum absolute atomic E-state index is 14.9. The van der Waals surface area contributed by atoms with Crippen LogP contribution in [0.4, 0.5) is 14.6 Å². The van der Waals surface area contributed by atoms with Gasteiger partial charge in [0.1, 0.15) is 23.8 Å². The van der Waals surface area contributed by atoms with Crippen molar-refractivity contribution in [3.8, 4) is 6.01 Å². The van der Waals surface area contributed by atoms with Crippen LogP contribution in [0.2, 0.25) is 0 Å². The van der Waals surface area contributed by atoms with Gasteiger partial charge in [0, 0.05) is 25.7 Å². The molecule has 6 nitrogen and oxygen atoms in total. The molecule has 0 amide bonds. The second-order valence-corrected chi connectivity index (χ2v) is 11.3.